The Kier molecular flexibility index (Phi) is 6.50. The molecular formula is C22H19FN8O3. The van der Waals surface area contributed by atoms with E-state index >= 15 is 4.39 Å². The lowest BCUT2D eigenvalue weighted by Gasteiger charge is -2.32. The third-order valence-corrected chi connectivity index (χ3v) is 5.17. The van der Waals surface area contributed by atoms with Crippen molar-refractivity contribution >= 4 is 11.6 Å². The van der Waals surface area contributed by atoms with Crippen LogP contribution in [0.15, 0.2) is 30.7 Å². The Labute approximate surface area is 194 Å². The van der Waals surface area contributed by atoms with Gasteiger partial charge in [-0.25, -0.2) is 9.97 Å². The Morgan fingerprint density at radius 2 is 1.91 bits per heavy atom. The van der Waals surface area contributed by atoms with Crippen LogP contribution in [-0.4, -0.2) is 46.2 Å². The monoisotopic (exact) mass is 462 g/mol. The molecule has 3 heterocycles. The van der Waals surface area contributed by atoms with Gasteiger partial charge in [0.2, 0.25) is 5.82 Å². The van der Waals surface area contributed by atoms with Crippen LogP contribution in [0, 0.1) is 28.5 Å². The summed E-state index contributed by atoms with van der Waals surface area (Å²) in [5.74, 6) is -0.357. The van der Waals surface area contributed by atoms with Crippen LogP contribution < -0.4 is 24.8 Å². The highest BCUT2D eigenvalue weighted by atomic mass is 19.1. The molecule has 11 nitrogen and oxygen atoms in total. The maximum Gasteiger partial charge on any atom is 0.318 e. The van der Waals surface area contributed by atoms with E-state index in [2.05, 4.69) is 19.9 Å². The Hall–Kier alpha value is -4.71. The number of anilines is 2. The second kappa shape index (κ2) is 9.83. The maximum absolute atomic E-state index is 15.2. The molecule has 0 saturated carbocycles. The third kappa shape index (κ3) is 4.71. The van der Waals surface area contributed by atoms with Gasteiger partial charge in [0, 0.05) is 32.0 Å². The summed E-state index contributed by atoms with van der Waals surface area (Å²) in [5, 5.41) is 18.0. The summed E-state index contributed by atoms with van der Waals surface area (Å²) in [5.41, 5.74) is 6.21. The number of aromatic nitrogens is 4. The highest BCUT2D eigenvalue weighted by molar-refractivity contribution is 5.50. The van der Waals surface area contributed by atoms with E-state index in [1.807, 2.05) is 12.1 Å². The molecule has 4 rings (SSSR count). The number of rotatable bonds is 6. The van der Waals surface area contributed by atoms with E-state index in [9.17, 15) is 0 Å². The molecule has 0 spiro atoms. The van der Waals surface area contributed by atoms with Gasteiger partial charge in [-0.1, -0.05) is 0 Å². The van der Waals surface area contributed by atoms with Crippen molar-refractivity contribution in [2.75, 3.05) is 30.8 Å². The summed E-state index contributed by atoms with van der Waals surface area (Å²) in [6.45, 7) is 0.911. The largest absolute Gasteiger partial charge is 0.493 e. The number of piperidine rings is 1. The topological polar surface area (TPSA) is 156 Å². The second-order valence-electron chi connectivity index (χ2n) is 7.26. The number of hydrogen-bond acceptors (Lipinski definition) is 11. The van der Waals surface area contributed by atoms with E-state index in [1.165, 1.54) is 25.7 Å². The van der Waals surface area contributed by atoms with Gasteiger partial charge >= 0.3 is 6.01 Å². The smallest absolute Gasteiger partial charge is 0.318 e. The van der Waals surface area contributed by atoms with Crippen molar-refractivity contribution < 1.29 is 18.6 Å². The molecule has 1 aromatic carbocycles. The van der Waals surface area contributed by atoms with E-state index in [-0.39, 0.29) is 40.9 Å². The molecule has 0 bridgehead atoms. The molecule has 2 aromatic heterocycles. The molecular weight excluding hydrogens is 443 g/mol. The first-order valence-corrected chi connectivity index (χ1v) is 10.2. The number of benzene rings is 1. The van der Waals surface area contributed by atoms with Crippen LogP contribution in [0.5, 0.6) is 23.4 Å². The molecule has 34 heavy (non-hydrogen) atoms. The maximum atomic E-state index is 15.2. The standard InChI is InChI=1S/C22H19FN8O3/c1-32-16-3-2-13(9-24)8-17(16)34-21-18(23)20(28-12-29-21)31-6-4-15(5-7-31)33-22-27-11-14(10-25)19(26)30-22/h2-3,8,11-12,15H,4-7H2,1H3,(H2,26,27,30). The van der Waals surface area contributed by atoms with Crippen LogP contribution in [0.4, 0.5) is 16.0 Å². The minimum absolute atomic E-state index is 0.0532. The van der Waals surface area contributed by atoms with E-state index in [1.54, 1.807) is 17.0 Å². The average Bonchev–Trinajstić information content (AvgIpc) is 2.86. The first-order chi connectivity index (χ1) is 16.5. The van der Waals surface area contributed by atoms with E-state index in [0.29, 0.717) is 37.2 Å². The van der Waals surface area contributed by atoms with Crippen LogP contribution in [0.25, 0.3) is 0 Å². The van der Waals surface area contributed by atoms with Crippen molar-refractivity contribution in [2.45, 2.75) is 18.9 Å². The fraction of sp³-hybridized carbons (Fsp3) is 0.273. The highest BCUT2D eigenvalue weighted by Gasteiger charge is 2.26. The van der Waals surface area contributed by atoms with Crippen LogP contribution in [0.2, 0.25) is 0 Å². The van der Waals surface area contributed by atoms with Crippen molar-refractivity contribution in [3.63, 3.8) is 0 Å². The van der Waals surface area contributed by atoms with Gasteiger partial charge in [0.1, 0.15) is 29.9 Å². The average molecular weight is 462 g/mol. The van der Waals surface area contributed by atoms with Crippen molar-refractivity contribution in [3.05, 3.63) is 47.7 Å². The van der Waals surface area contributed by atoms with E-state index in [4.69, 9.17) is 30.5 Å². The summed E-state index contributed by atoms with van der Waals surface area (Å²) in [6, 6.07) is 8.56. The lowest BCUT2D eigenvalue weighted by Crippen LogP contribution is -2.39. The van der Waals surface area contributed by atoms with Gasteiger partial charge in [-0.2, -0.15) is 24.9 Å². The van der Waals surface area contributed by atoms with Gasteiger partial charge in [-0.3, -0.25) is 0 Å². The first kappa shape index (κ1) is 22.5. The molecule has 1 aliphatic heterocycles. The molecule has 0 aliphatic carbocycles. The van der Waals surface area contributed by atoms with Crippen LogP contribution in [-0.2, 0) is 0 Å². The van der Waals surface area contributed by atoms with Gasteiger partial charge in [0.15, 0.2) is 17.3 Å². The molecule has 1 fully saturated rings. The van der Waals surface area contributed by atoms with Crippen molar-refractivity contribution in [2.24, 2.45) is 0 Å². The summed E-state index contributed by atoms with van der Waals surface area (Å²) in [7, 11) is 1.44. The third-order valence-electron chi connectivity index (χ3n) is 5.17. The lowest BCUT2D eigenvalue weighted by atomic mass is 10.1. The number of halogens is 1. The zero-order valence-electron chi connectivity index (χ0n) is 18.1. The normalized spacial score (nSPS) is 13.6. The first-order valence-electron chi connectivity index (χ1n) is 10.2. The van der Waals surface area contributed by atoms with Gasteiger partial charge in [-0.15, -0.1) is 0 Å². The zero-order chi connectivity index (χ0) is 24.1. The Balaban J connectivity index is 1.45. The molecule has 0 unspecified atom stereocenters. The minimum atomic E-state index is -0.727. The Morgan fingerprint density at radius 1 is 1.12 bits per heavy atom. The molecule has 172 valence electrons. The zero-order valence-corrected chi connectivity index (χ0v) is 18.1. The van der Waals surface area contributed by atoms with Crippen LogP contribution in [0.3, 0.4) is 0 Å². The summed E-state index contributed by atoms with van der Waals surface area (Å²) in [4.78, 5) is 17.7. The fourth-order valence-corrected chi connectivity index (χ4v) is 3.42. The molecule has 0 radical (unpaired) electrons. The number of ether oxygens (including phenoxy) is 3. The van der Waals surface area contributed by atoms with Gasteiger partial charge in [0.25, 0.3) is 5.88 Å². The lowest BCUT2D eigenvalue weighted by molar-refractivity contribution is 0.156. The van der Waals surface area contributed by atoms with Crippen molar-refractivity contribution in [1.29, 1.82) is 10.5 Å². The number of hydrogen-bond donors (Lipinski definition) is 1. The molecule has 1 saturated heterocycles. The number of nitrogen functional groups attached to an aromatic ring is 1. The predicted octanol–water partition coefficient (Wildman–Crippen LogP) is 2.58. The van der Waals surface area contributed by atoms with Crippen LogP contribution in [0.1, 0.15) is 24.0 Å². The van der Waals surface area contributed by atoms with Crippen molar-refractivity contribution in [1.82, 2.24) is 19.9 Å². The van der Waals surface area contributed by atoms with E-state index in [0.717, 1.165) is 0 Å². The van der Waals surface area contributed by atoms with E-state index < -0.39 is 5.82 Å². The minimum Gasteiger partial charge on any atom is -0.493 e. The van der Waals surface area contributed by atoms with Gasteiger partial charge in [0.05, 0.1) is 24.9 Å². The van der Waals surface area contributed by atoms with Gasteiger partial charge in [-0.05, 0) is 12.1 Å². The quantitative estimate of drug-likeness (QED) is 0.574. The van der Waals surface area contributed by atoms with Crippen LogP contribution >= 0.6 is 0 Å². The molecule has 12 heteroatoms. The number of nitrogens with two attached hydrogens (primary N) is 1. The molecule has 2 N–H and O–H groups in total. The Bertz CT molecular complexity index is 1280. The summed E-state index contributed by atoms with van der Waals surface area (Å²) in [6.07, 6.45) is 3.43. The summed E-state index contributed by atoms with van der Waals surface area (Å²) >= 11 is 0. The SMILES string of the molecule is COc1ccc(C#N)cc1Oc1ncnc(N2CCC(Oc3ncc(C#N)c(N)n3)CC2)c1F. The van der Waals surface area contributed by atoms with Gasteiger partial charge < -0.3 is 24.8 Å². The summed E-state index contributed by atoms with van der Waals surface area (Å²) < 4.78 is 31.9. The molecule has 0 atom stereocenters. The molecule has 1 aliphatic rings. The highest BCUT2D eigenvalue weighted by Crippen LogP contribution is 2.34. The molecule has 0 amide bonds. The van der Waals surface area contributed by atoms with Crippen molar-refractivity contribution in [3.8, 4) is 35.5 Å². The number of methoxy groups -OCH3 is 1. The predicted molar refractivity (Wildman–Crippen MR) is 117 cm³/mol. The number of nitrogens with zero attached hydrogens (tertiary/aromatic N) is 7. The fourth-order valence-electron chi connectivity index (χ4n) is 3.42. The molecule has 3 aromatic rings. The Morgan fingerprint density at radius 3 is 2.59 bits per heavy atom. The second-order valence-corrected chi connectivity index (χ2v) is 7.26. The number of nitriles is 2.